The molecule has 3 nitrogen and oxygen atoms in total. The van der Waals surface area contributed by atoms with E-state index in [4.69, 9.17) is 11.6 Å². The van der Waals surface area contributed by atoms with Crippen molar-refractivity contribution in [3.05, 3.63) is 76.8 Å². The highest BCUT2D eigenvalue weighted by atomic mass is 35.5. The molecule has 0 radical (unpaired) electrons. The van der Waals surface area contributed by atoms with Gasteiger partial charge in [-0.2, -0.15) is 0 Å². The predicted octanol–water partition coefficient (Wildman–Crippen LogP) is 4.06. The van der Waals surface area contributed by atoms with Gasteiger partial charge in [0.05, 0.1) is 10.7 Å². The predicted molar refractivity (Wildman–Crippen MR) is 104 cm³/mol. The number of rotatable bonds is 5. The minimum atomic E-state index is -0.0576. The van der Waals surface area contributed by atoms with Crippen LogP contribution in [0.2, 0.25) is 5.02 Å². The first-order chi connectivity index (χ1) is 12.0. The summed E-state index contributed by atoms with van der Waals surface area (Å²) in [6.07, 6.45) is 0. The molecule has 3 aromatic rings. The van der Waals surface area contributed by atoms with Gasteiger partial charge in [0.1, 0.15) is 6.04 Å². The number of hydrogen-bond donors (Lipinski definition) is 2. The van der Waals surface area contributed by atoms with Crippen molar-refractivity contribution in [3.8, 4) is 0 Å². The van der Waals surface area contributed by atoms with E-state index < -0.39 is 0 Å². The van der Waals surface area contributed by atoms with E-state index in [-0.39, 0.29) is 11.9 Å². The van der Waals surface area contributed by atoms with Gasteiger partial charge in [-0.3, -0.25) is 4.79 Å². The van der Waals surface area contributed by atoms with Gasteiger partial charge in [-0.25, -0.2) is 0 Å². The van der Waals surface area contributed by atoms with E-state index in [1.165, 1.54) is 16.3 Å². The van der Waals surface area contributed by atoms with Gasteiger partial charge in [-0.15, -0.1) is 0 Å². The molecule has 3 N–H and O–H groups in total. The Balaban J connectivity index is 1.65. The fourth-order valence-corrected chi connectivity index (χ4v) is 3.26. The summed E-state index contributed by atoms with van der Waals surface area (Å²) < 4.78 is 0. The van der Waals surface area contributed by atoms with E-state index >= 15 is 0 Å². The summed E-state index contributed by atoms with van der Waals surface area (Å²) in [6, 6.07) is 20.4. The van der Waals surface area contributed by atoms with Crippen LogP contribution in [-0.4, -0.2) is 12.5 Å². The average molecular weight is 354 g/mol. The molecule has 128 valence electrons. The molecule has 0 aliphatic rings. The Morgan fingerprint density at radius 1 is 1.12 bits per heavy atom. The fourth-order valence-electron chi connectivity index (χ4n) is 2.98. The third kappa shape index (κ3) is 4.19. The van der Waals surface area contributed by atoms with Gasteiger partial charge in [0, 0.05) is 5.56 Å². The minimum Gasteiger partial charge on any atom is -0.332 e. The van der Waals surface area contributed by atoms with Gasteiger partial charge in [0.2, 0.25) is 0 Å². The van der Waals surface area contributed by atoms with Crippen molar-refractivity contribution in [2.24, 2.45) is 0 Å². The quantitative estimate of drug-likeness (QED) is 0.713. The number of halogens is 1. The second-order valence-electron chi connectivity index (χ2n) is 6.33. The summed E-state index contributed by atoms with van der Waals surface area (Å²) in [5.74, 6) is -0.0576. The van der Waals surface area contributed by atoms with Crippen molar-refractivity contribution in [1.29, 1.82) is 0 Å². The first-order valence-corrected chi connectivity index (χ1v) is 8.79. The Hall–Kier alpha value is -2.36. The molecule has 0 aliphatic heterocycles. The Morgan fingerprint density at radius 3 is 2.68 bits per heavy atom. The van der Waals surface area contributed by atoms with Crippen LogP contribution in [-0.2, 0) is 4.79 Å². The monoisotopic (exact) mass is 353 g/mol. The highest BCUT2D eigenvalue weighted by Crippen LogP contribution is 2.23. The third-order valence-corrected chi connectivity index (χ3v) is 4.68. The SMILES string of the molecule is Cc1ccc(NC(=O)C[NH2+][C@H](C)c2cccc3ccccc23)c(Cl)c1. The summed E-state index contributed by atoms with van der Waals surface area (Å²) in [5, 5.41) is 7.94. The summed E-state index contributed by atoms with van der Waals surface area (Å²) >= 11 is 6.17. The molecule has 25 heavy (non-hydrogen) atoms. The van der Waals surface area contributed by atoms with Gasteiger partial charge in [0.25, 0.3) is 5.91 Å². The van der Waals surface area contributed by atoms with Crippen molar-refractivity contribution in [2.45, 2.75) is 19.9 Å². The van der Waals surface area contributed by atoms with Gasteiger partial charge in [-0.1, -0.05) is 60.1 Å². The molecule has 1 amide bonds. The molecular formula is C21H22ClN2O+. The zero-order valence-corrected chi connectivity index (χ0v) is 15.2. The maximum absolute atomic E-state index is 12.2. The normalized spacial score (nSPS) is 12.1. The number of amides is 1. The largest absolute Gasteiger partial charge is 0.332 e. The lowest BCUT2D eigenvalue weighted by atomic mass is 10.00. The molecule has 0 saturated carbocycles. The fraction of sp³-hybridized carbons (Fsp3) is 0.190. The highest BCUT2D eigenvalue weighted by Gasteiger charge is 2.14. The van der Waals surface area contributed by atoms with Crippen LogP contribution >= 0.6 is 11.6 Å². The molecule has 0 aliphatic carbocycles. The van der Waals surface area contributed by atoms with E-state index in [0.717, 1.165) is 5.56 Å². The van der Waals surface area contributed by atoms with Crippen LogP contribution in [0.25, 0.3) is 10.8 Å². The Kier molecular flexibility index (Phi) is 5.37. The molecule has 0 heterocycles. The van der Waals surface area contributed by atoms with Crippen LogP contribution in [0, 0.1) is 6.92 Å². The lowest BCUT2D eigenvalue weighted by Crippen LogP contribution is -2.86. The zero-order valence-electron chi connectivity index (χ0n) is 14.4. The Bertz CT molecular complexity index is 902. The number of nitrogens with two attached hydrogens (primary N) is 1. The van der Waals surface area contributed by atoms with Gasteiger partial charge < -0.3 is 10.6 Å². The van der Waals surface area contributed by atoms with E-state index in [1.807, 2.05) is 42.6 Å². The minimum absolute atomic E-state index is 0.0576. The number of hydrogen-bond acceptors (Lipinski definition) is 1. The lowest BCUT2D eigenvalue weighted by Gasteiger charge is -2.14. The lowest BCUT2D eigenvalue weighted by molar-refractivity contribution is -0.682. The number of aryl methyl sites for hydroxylation is 1. The summed E-state index contributed by atoms with van der Waals surface area (Å²) in [5.41, 5.74) is 2.96. The molecular weight excluding hydrogens is 332 g/mol. The summed E-state index contributed by atoms with van der Waals surface area (Å²) in [7, 11) is 0. The maximum Gasteiger partial charge on any atom is 0.279 e. The van der Waals surface area contributed by atoms with Crippen molar-refractivity contribution >= 4 is 34.0 Å². The second kappa shape index (κ2) is 7.68. The third-order valence-electron chi connectivity index (χ3n) is 4.37. The van der Waals surface area contributed by atoms with Gasteiger partial charge in [-0.05, 0) is 42.3 Å². The first kappa shape index (κ1) is 17.5. The van der Waals surface area contributed by atoms with Crippen LogP contribution < -0.4 is 10.6 Å². The Morgan fingerprint density at radius 2 is 1.88 bits per heavy atom. The zero-order chi connectivity index (χ0) is 17.8. The maximum atomic E-state index is 12.2. The topological polar surface area (TPSA) is 45.7 Å². The molecule has 3 aromatic carbocycles. The standard InChI is InChI=1S/C21H21ClN2O/c1-14-10-11-20(19(22)12-14)24-21(25)13-23-15(2)17-9-5-7-16-6-3-4-8-18(16)17/h3-12,15,23H,13H2,1-2H3,(H,24,25)/p+1/t15-/m1/s1. The van der Waals surface area contributed by atoms with Crippen molar-refractivity contribution in [3.63, 3.8) is 0 Å². The van der Waals surface area contributed by atoms with E-state index in [2.05, 4.69) is 42.6 Å². The number of benzene rings is 3. The van der Waals surface area contributed by atoms with Crippen LogP contribution in [0.3, 0.4) is 0 Å². The highest BCUT2D eigenvalue weighted by molar-refractivity contribution is 6.33. The second-order valence-corrected chi connectivity index (χ2v) is 6.74. The smallest absolute Gasteiger partial charge is 0.279 e. The average Bonchev–Trinajstić information content (AvgIpc) is 2.61. The first-order valence-electron chi connectivity index (χ1n) is 8.41. The number of fused-ring (bicyclic) bond motifs is 1. The molecule has 0 aromatic heterocycles. The molecule has 0 spiro atoms. The van der Waals surface area contributed by atoms with E-state index in [0.29, 0.717) is 17.3 Å². The summed E-state index contributed by atoms with van der Waals surface area (Å²) in [4.78, 5) is 12.2. The number of quaternary nitrogens is 1. The molecule has 0 unspecified atom stereocenters. The van der Waals surface area contributed by atoms with Crippen LogP contribution in [0.5, 0.6) is 0 Å². The van der Waals surface area contributed by atoms with Crippen molar-refractivity contribution < 1.29 is 10.1 Å². The van der Waals surface area contributed by atoms with Gasteiger partial charge in [0.15, 0.2) is 6.54 Å². The number of carbonyl (C=O) groups excluding carboxylic acids is 1. The van der Waals surface area contributed by atoms with Crippen molar-refractivity contribution in [1.82, 2.24) is 0 Å². The number of carbonyl (C=O) groups is 1. The molecule has 4 heteroatoms. The van der Waals surface area contributed by atoms with Gasteiger partial charge >= 0.3 is 0 Å². The Labute approximate surface area is 153 Å². The van der Waals surface area contributed by atoms with Crippen LogP contribution in [0.15, 0.2) is 60.7 Å². The molecule has 0 bridgehead atoms. The van der Waals surface area contributed by atoms with Crippen LogP contribution in [0.4, 0.5) is 5.69 Å². The molecule has 3 rings (SSSR count). The van der Waals surface area contributed by atoms with E-state index in [1.54, 1.807) is 0 Å². The molecule has 1 atom stereocenters. The molecule has 0 saturated heterocycles. The van der Waals surface area contributed by atoms with Crippen LogP contribution in [0.1, 0.15) is 24.1 Å². The van der Waals surface area contributed by atoms with E-state index in [9.17, 15) is 4.79 Å². The molecule has 0 fully saturated rings. The summed E-state index contributed by atoms with van der Waals surface area (Å²) in [6.45, 7) is 4.43. The number of nitrogens with one attached hydrogen (secondary N) is 1. The van der Waals surface area contributed by atoms with Crippen molar-refractivity contribution in [2.75, 3.05) is 11.9 Å². The number of anilines is 1.